The normalized spacial score (nSPS) is 12.8. The van der Waals surface area contributed by atoms with Crippen LogP contribution in [0.1, 0.15) is 19.8 Å². The van der Waals surface area contributed by atoms with Crippen molar-refractivity contribution in [1.29, 1.82) is 0 Å². The van der Waals surface area contributed by atoms with Gasteiger partial charge in [0.15, 0.2) is 0 Å². The standard InChI is InChI=1S/C8H18OSi/c1-5-6-7-8-10(3,4)9-2/h7-8H,5-6H2,1-4H3. The van der Waals surface area contributed by atoms with Gasteiger partial charge >= 0.3 is 0 Å². The van der Waals surface area contributed by atoms with Gasteiger partial charge in [-0.2, -0.15) is 0 Å². The molecule has 60 valence electrons. The van der Waals surface area contributed by atoms with Crippen LogP contribution in [-0.2, 0) is 4.43 Å². The van der Waals surface area contributed by atoms with E-state index in [0.717, 1.165) is 0 Å². The van der Waals surface area contributed by atoms with Gasteiger partial charge in [0, 0.05) is 7.11 Å². The topological polar surface area (TPSA) is 9.23 Å². The lowest BCUT2D eigenvalue weighted by Gasteiger charge is -2.13. The summed E-state index contributed by atoms with van der Waals surface area (Å²) in [5.74, 6) is 0. The minimum Gasteiger partial charge on any atom is -0.417 e. The van der Waals surface area contributed by atoms with E-state index in [1.165, 1.54) is 12.8 Å². The van der Waals surface area contributed by atoms with Crippen molar-refractivity contribution in [3.8, 4) is 0 Å². The maximum absolute atomic E-state index is 5.34. The van der Waals surface area contributed by atoms with Crippen molar-refractivity contribution < 1.29 is 4.43 Å². The maximum atomic E-state index is 5.34. The second kappa shape index (κ2) is 4.69. The molecule has 0 heterocycles. The van der Waals surface area contributed by atoms with Gasteiger partial charge in [0.25, 0.3) is 0 Å². The zero-order valence-corrected chi connectivity index (χ0v) is 8.48. The predicted octanol–water partition coefficient (Wildman–Crippen LogP) is 2.73. The Morgan fingerprint density at radius 1 is 1.40 bits per heavy atom. The fourth-order valence-electron chi connectivity index (χ4n) is 0.602. The first-order chi connectivity index (χ1) is 4.62. The smallest absolute Gasteiger partial charge is 0.210 e. The summed E-state index contributed by atoms with van der Waals surface area (Å²) in [6.07, 6.45) is 4.64. The first-order valence-electron chi connectivity index (χ1n) is 3.85. The van der Waals surface area contributed by atoms with E-state index in [0.29, 0.717) is 0 Å². The molecular formula is C8H18OSi. The van der Waals surface area contributed by atoms with Gasteiger partial charge in [0.1, 0.15) is 0 Å². The van der Waals surface area contributed by atoms with E-state index in [1.54, 1.807) is 7.11 Å². The molecule has 0 aromatic heterocycles. The zero-order chi connectivity index (χ0) is 8.04. The van der Waals surface area contributed by atoms with Gasteiger partial charge < -0.3 is 4.43 Å². The van der Waals surface area contributed by atoms with Crippen LogP contribution in [-0.4, -0.2) is 15.4 Å². The minimum atomic E-state index is -1.40. The Morgan fingerprint density at radius 3 is 2.40 bits per heavy atom. The molecule has 0 aliphatic rings. The first-order valence-corrected chi connectivity index (χ1v) is 6.84. The van der Waals surface area contributed by atoms with Crippen LogP contribution in [0.3, 0.4) is 0 Å². The number of rotatable bonds is 4. The second-order valence-corrected chi connectivity index (χ2v) is 6.95. The third-order valence-electron chi connectivity index (χ3n) is 1.50. The Hall–Kier alpha value is -0.0831. The third-order valence-corrected chi connectivity index (χ3v) is 3.59. The first kappa shape index (κ1) is 9.92. The molecule has 0 spiro atoms. The highest BCUT2D eigenvalue weighted by Crippen LogP contribution is 2.04. The lowest BCUT2D eigenvalue weighted by Crippen LogP contribution is -2.25. The number of allylic oxidation sites excluding steroid dienone is 1. The van der Waals surface area contributed by atoms with Gasteiger partial charge in [-0.25, -0.2) is 0 Å². The van der Waals surface area contributed by atoms with Crippen LogP contribution in [0.15, 0.2) is 11.8 Å². The quantitative estimate of drug-likeness (QED) is 0.572. The molecule has 0 aromatic carbocycles. The second-order valence-electron chi connectivity index (χ2n) is 3.00. The summed E-state index contributed by atoms with van der Waals surface area (Å²) < 4.78 is 5.34. The molecule has 0 amide bonds. The van der Waals surface area contributed by atoms with Crippen molar-refractivity contribution in [2.75, 3.05) is 7.11 Å². The maximum Gasteiger partial charge on any atom is 0.210 e. The van der Waals surface area contributed by atoms with Gasteiger partial charge in [-0.3, -0.25) is 0 Å². The zero-order valence-electron chi connectivity index (χ0n) is 7.48. The average molecular weight is 158 g/mol. The SMILES string of the molecule is CCCC=C[Si](C)(C)OC. The number of hydrogen-bond acceptors (Lipinski definition) is 1. The predicted molar refractivity (Wildman–Crippen MR) is 48.5 cm³/mol. The van der Waals surface area contributed by atoms with Crippen LogP contribution in [0.25, 0.3) is 0 Å². The summed E-state index contributed by atoms with van der Waals surface area (Å²) >= 11 is 0. The van der Waals surface area contributed by atoms with Crippen molar-refractivity contribution in [2.24, 2.45) is 0 Å². The number of hydrogen-bond donors (Lipinski definition) is 0. The molecule has 1 nitrogen and oxygen atoms in total. The van der Waals surface area contributed by atoms with E-state index in [-0.39, 0.29) is 0 Å². The van der Waals surface area contributed by atoms with Crippen molar-refractivity contribution >= 4 is 8.32 Å². The van der Waals surface area contributed by atoms with Crippen LogP contribution in [0.4, 0.5) is 0 Å². The van der Waals surface area contributed by atoms with E-state index in [2.05, 4.69) is 31.8 Å². The van der Waals surface area contributed by atoms with Gasteiger partial charge in [0.05, 0.1) is 0 Å². The van der Waals surface area contributed by atoms with Crippen molar-refractivity contribution in [3.05, 3.63) is 11.8 Å². The van der Waals surface area contributed by atoms with Crippen LogP contribution in [0.5, 0.6) is 0 Å². The monoisotopic (exact) mass is 158 g/mol. The summed E-state index contributed by atoms with van der Waals surface area (Å²) in [5.41, 5.74) is 2.25. The van der Waals surface area contributed by atoms with E-state index >= 15 is 0 Å². The molecule has 0 aliphatic heterocycles. The Bertz CT molecular complexity index is 108. The molecule has 0 radical (unpaired) electrons. The Kier molecular flexibility index (Phi) is 4.65. The van der Waals surface area contributed by atoms with Crippen LogP contribution in [0.2, 0.25) is 13.1 Å². The Balaban J connectivity index is 3.63. The van der Waals surface area contributed by atoms with Gasteiger partial charge in [0.2, 0.25) is 8.32 Å². The summed E-state index contributed by atoms with van der Waals surface area (Å²) in [4.78, 5) is 0. The number of unbranched alkanes of at least 4 members (excludes halogenated alkanes) is 1. The van der Waals surface area contributed by atoms with Gasteiger partial charge in [-0.05, 0) is 19.5 Å². The average Bonchev–Trinajstić information content (AvgIpc) is 1.89. The molecule has 2 heteroatoms. The minimum absolute atomic E-state index is 1.18. The van der Waals surface area contributed by atoms with E-state index in [4.69, 9.17) is 4.43 Å². The van der Waals surface area contributed by atoms with Gasteiger partial charge in [-0.15, -0.1) is 0 Å². The molecule has 0 atom stereocenters. The van der Waals surface area contributed by atoms with Crippen LogP contribution < -0.4 is 0 Å². The van der Waals surface area contributed by atoms with Crippen LogP contribution >= 0.6 is 0 Å². The molecule has 0 aliphatic carbocycles. The fraction of sp³-hybridized carbons (Fsp3) is 0.750. The molecular weight excluding hydrogens is 140 g/mol. The van der Waals surface area contributed by atoms with Crippen molar-refractivity contribution in [3.63, 3.8) is 0 Å². The third kappa shape index (κ3) is 4.76. The lowest BCUT2D eigenvalue weighted by atomic mass is 10.3. The largest absolute Gasteiger partial charge is 0.417 e. The molecule has 0 saturated heterocycles. The molecule has 0 N–H and O–H groups in total. The highest BCUT2D eigenvalue weighted by Gasteiger charge is 2.14. The Morgan fingerprint density at radius 2 is 2.00 bits per heavy atom. The molecule has 0 fully saturated rings. The van der Waals surface area contributed by atoms with Crippen molar-refractivity contribution in [1.82, 2.24) is 0 Å². The van der Waals surface area contributed by atoms with Crippen LogP contribution in [0, 0.1) is 0 Å². The Labute approximate surface area is 65.2 Å². The van der Waals surface area contributed by atoms with E-state index < -0.39 is 8.32 Å². The molecule has 0 aromatic rings. The van der Waals surface area contributed by atoms with Crippen molar-refractivity contribution in [2.45, 2.75) is 32.9 Å². The fourth-order valence-corrected chi connectivity index (χ4v) is 1.47. The summed E-state index contributed by atoms with van der Waals surface area (Å²) in [6.45, 7) is 6.57. The summed E-state index contributed by atoms with van der Waals surface area (Å²) in [5, 5.41) is 0. The molecule has 0 unspecified atom stereocenters. The molecule has 0 bridgehead atoms. The highest BCUT2D eigenvalue weighted by molar-refractivity contribution is 6.76. The molecule has 0 saturated carbocycles. The highest BCUT2D eigenvalue weighted by atomic mass is 28.4. The summed E-state index contributed by atoms with van der Waals surface area (Å²) in [6, 6.07) is 0. The van der Waals surface area contributed by atoms with Gasteiger partial charge in [-0.1, -0.05) is 25.1 Å². The van der Waals surface area contributed by atoms with E-state index in [1.807, 2.05) is 0 Å². The molecule has 0 rings (SSSR count). The van der Waals surface area contributed by atoms with E-state index in [9.17, 15) is 0 Å². The molecule has 10 heavy (non-hydrogen) atoms. The lowest BCUT2D eigenvalue weighted by molar-refractivity contribution is 0.415. The summed E-state index contributed by atoms with van der Waals surface area (Å²) in [7, 11) is 0.399.